The molecule has 30 heavy (non-hydrogen) atoms. The largest absolute Gasteiger partial charge is 0.465 e. The van der Waals surface area contributed by atoms with E-state index in [4.69, 9.17) is 4.42 Å². The second-order valence-corrected chi connectivity index (χ2v) is 9.26. The van der Waals surface area contributed by atoms with Crippen LogP contribution in [0.15, 0.2) is 41.1 Å². The predicted octanol–water partition coefficient (Wildman–Crippen LogP) is 4.05. The lowest BCUT2D eigenvalue weighted by Crippen LogP contribution is -2.47. The maximum atomic E-state index is 6.03. The maximum absolute atomic E-state index is 6.03. The lowest BCUT2D eigenvalue weighted by molar-refractivity contribution is 0.0717. The van der Waals surface area contributed by atoms with E-state index in [-0.39, 0.29) is 0 Å². The van der Waals surface area contributed by atoms with Crippen LogP contribution in [0.1, 0.15) is 49.7 Å². The first-order valence-corrected chi connectivity index (χ1v) is 11.8. The zero-order chi connectivity index (χ0) is 20.8. The molecule has 0 aromatic carbocycles. The van der Waals surface area contributed by atoms with Gasteiger partial charge >= 0.3 is 0 Å². The van der Waals surface area contributed by atoms with Gasteiger partial charge in [0.25, 0.3) is 0 Å². The van der Waals surface area contributed by atoms with E-state index in [0.29, 0.717) is 0 Å². The molecule has 0 bridgehead atoms. The molecule has 0 amide bonds. The van der Waals surface area contributed by atoms with Crippen LogP contribution in [-0.2, 0) is 19.5 Å². The van der Waals surface area contributed by atoms with Gasteiger partial charge in [0.05, 0.1) is 6.54 Å². The van der Waals surface area contributed by atoms with Gasteiger partial charge in [0, 0.05) is 37.9 Å². The minimum Gasteiger partial charge on any atom is -0.465 e. The van der Waals surface area contributed by atoms with Gasteiger partial charge < -0.3 is 14.2 Å². The van der Waals surface area contributed by atoms with Crippen LogP contribution in [0.4, 0.5) is 0 Å². The van der Waals surface area contributed by atoms with Crippen LogP contribution in [0.25, 0.3) is 0 Å². The van der Waals surface area contributed by atoms with E-state index in [1.165, 1.54) is 57.4 Å². The SMILES string of the molecule is CCc1ccc(CN(Cc2ccncc2)CC2CCN(C3CCN(C)CC3)CC2)o1. The summed E-state index contributed by atoms with van der Waals surface area (Å²) < 4.78 is 6.03. The summed E-state index contributed by atoms with van der Waals surface area (Å²) in [5, 5.41) is 0. The number of rotatable bonds is 8. The normalized spacial score (nSPS) is 20.2. The monoisotopic (exact) mass is 410 g/mol. The third-order valence-electron chi connectivity index (χ3n) is 6.97. The Balaban J connectivity index is 1.33. The van der Waals surface area contributed by atoms with Crippen molar-refractivity contribution in [3.05, 3.63) is 53.7 Å². The van der Waals surface area contributed by atoms with Crippen molar-refractivity contribution in [1.29, 1.82) is 0 Å². The smallest absolute Gasteiger partial charge is 0.118 e. The third-order valence-corrected chi connectivity index (χ3v) is 6.97. The molecule has 4 rings (SSSR count). The maximum Gasteiger partial charge on any atom is 0.118 e. The molecule has 0 spiro atoms. The minimum absolute atomic E-state index is 0.773. The Morgan fingerprint density at radius 3 is 2.30 bits per heavy atom. The Hall–Kier alpha value is -1.69. The predicted molar refractivity (Wildman–Crippen MR) is 121 cm³/mol. The van der Waals surface area contributed by atoms with Crippen molar-refractivity contribution in [3.8, 4) is 0 Å². The molecular formula is C25H38N4O. The molecule has 2 aliphatic rings. The van der Waals surface area contributed by atoms with E-state index in [9.17, 15) is 0 Å². The fraction of sp³-hybridized carbons (Fsp3) is 0.640. The van der Waals surface area contributed by atoms with E-state index >= 15 is 0 Å². The van der Waals surface area contributed by atoms with Crippen LogP contribution in [0, 0.1) is 5.92 Å². The van der Waals surface area contributed by atoms with Crippen molar-refractivity contribution in [1.82, 2.24) is 19.7 Å². The minimum atomic E-state index is 0.773. The molecule has 2 aliphatic heterocycles. The summed E-state index contributed by atoms with van der Waals surface area (Å²) in [7, 11) is 2.25. The van der Waals surface area contributed by atoms with Crippen molar-refractivity contribution in [2.45, 2.75) is 58.2 Å². The van der Waals surface area contributed by atoms with Crippen LogP contribution in [0.5, 0.6) is 0 Å². The van der Waals surface area contributed by atoms with Gasteiger partial charge in [-0.2, -0.15) is 0 Å². The first-order valence-electron chi connectivity index (χ1n) is 11.8. The van der Waals surface area contributed by atoms with Crippen LogP contribution >= 0.6 is 0 Å². The number of likely N-dealkylation sites (tertiary alicyclic amines) is 2. The zero-order valence-electron chi connectivity index (χ0n) is 18.8. The average Bonchev–Trinajstić information content (AvgIpc) is 3.23. The van der Waals surface area contributed by atoms with Gasteiger partial charge in [-0.05, 0) is 94.7 Å². The first kappa shape index (κ1) is 21.5. The van der Waals surface area contributed by atoms with Crippen molar-refractivity contribution in [2.75, 3.05) is 39.8 Å². The Bertz CT molecular complexity index is 746. The molecule has 0 unspecified atom stereocenters. The molecule has 2 saturated heterocycles. The van der Waals surface area contributed by atoms with Gasteiger partial charge in [-0.15, -0.1) is 0 Å². The highest BCUT2D eigenvalue weighted by molar-refractivity contribution is 5.11. The molecule has 0 aliphatic carbocycles. The van der Waals surface area contributed by atoms with Gasteiger partial charge in [0.15, 0.2) is 0 Å². The molecule has 4 heterocycles. The molecule has 0 saturated carbocycles. The Kier molecular flexibility index (Phi) is 7.58. The average molecular weight is 411 g/mol. The highest BCUT2D eigenvalue weighted by Crippen LogP contribution is 2.25. The van der Waals surface area contributed by atoms with Gasteiger partial charge in [0.1, 0.15) is 11.5 Å². The third kappa shape index (κ3) is 5.93. The number of piperidine rings is 2. The molecule has 5 nitrogen and oxygen atoms in total. The Labute approximate surface area is 182 Å². The number of hydrogen-bond donors (Lipinski definition) is 0. The molecule has 2 aromatic heterocycles. The molecular weight excluding hydrogens is 372 g/mol. The molecule has 0 radical (unpaired) electrons. The molecule has 2 fully saturated rings. The summed E-state index contributed by atoms with van der Waals surface area (Å²) in [6.45, 7) is 10.2. The van der Waals surface area contributed by atoms with Crippen LogP contribution in [0.3, 0.4) is 0 Å². The van der Waals surface area contributed by atoms with E-state index < -0.39 is 0 Å². The van der Waals surface area contributed by atoms with E-state index in [0.717, 1.165) is 49.5 Å². The molecule has 5 heteroatoms. The Morgan fingerprint density at radius 2 is 1.63 bits per heavy atom. The number of aromatic nitrogens is 1. The van der Waals surface area contributed by atoms with Crippen molar-refractivity contribution in [3.63, 3.8) is 0 Å². The first-order chi connectivity index (χ1) is 14.7. The highest BCUT2D eigenvalue weighted by Gasteiger charge is 2.28. The molecule has 0 atom stereocenters. The standard InChI is InChI=1S/C25H38N4O/c1-3-24-4-5-25(30-24)20-28(18-21-6-12-26-13-7-21)19-22-8-16-29(17-9-22)23-10-14-27(2)15-11-23/h4-7,12-13,22-23H,3,8-11,14-20H2,1-2H3. The number of aryl methyl sites for hydroxylation is 1. The Morgan fingerprint density at radius 1 is 0.933 bits per heavy atom. The van der Waals surface area contributed by atoms with Crippen LogP contribution < -0.4 is 0 Å². The summed E-state index contributed by atoms with van der Waals surface area (Å²) in [5.74, 6) is 2.94. The van der Waals surface area contributed by atoms with E-state index in [1.807, 2.05) is 12.4 Å². The van der Waals surface area contributed by atoms with E-state index in [2.05, 4.69) is 57.9 Å². The molecule has 0 N–H and O–H groups in total. The zero-order valence-corrected chi connectivity index (χ0v) is 18.8. The van der Waals surface area contributed by atoms with Crippen molar-refractivity contribution < 1.29 is 4.42 Å². The quantitative estimate of drug-likeness (QED) is 0.656. The van der Waals surface area contributed by atoms with Crippen LogP contribution in [0.2, 0.25) is 0 Å². The second-order valence-electron chi connectivity index (χ2n) is 9.26. The van der Waals surface area contributed by atoms with Crippen molar-refractivity contribution >= 4 is 0 Å². The molecule has 2 aromatic rings. The summed E-state index contributed by atoms with van der Waals surface area (Å²) >= 11 is 0. The fourth-order valence-electron chi connectivity index (χ4n) is 5.08. The highest BCUT2D eigenvalue weighted by atomic mass is 16.3. The lowest BCUT2D eigenvalue weighted by atomic mass is 9.93. The number of nitrogens with zero attached hydrogens (tertiary/aromatic N) is 4. The number of furan rings is 1. The summed E-state index contributed by atoms with van der Waals surface area (Å²) in [6.07, 6.45) is 10.1. The van der Waals surface area contributed by atoms with E-state index in [1.54, 1.807) is 0 Å². The summed E-state index contributed by atoms with van der Waals surface area (Å²) in [6, 6.07) is 9.36. The van der Waals surface area contributed by atoms with Gasteiger partial charge in [-0.25, -0.2) is 0 Å². The van der Waals surface area contributed by atoms with Crippen molar-refractivity contribution in [2.24, 2.45) is 5.92 Å². The van der Waals surface area contributed by atoms with Crippen LogP contribution in [-0.4, -0.2) is 65.5 Å². The second kappa shape index (κ2) is 10.6. The topological polar surface area (TPSA) is 35.8 Å². The number of pyridine rings is 1. The summed E-state index contributed by atoms with van der Waals surface area (Å²) in [5.41, 5.74) is 1.33. The van der Waals surface area contributed by atoms with Gasteiger partial charge in [-0.3, -0.25) is 9.88 Å². The number of hydrogen-bond acceptors (Lipinski definition) is 5. The fourth-order valence-corrected chi connectivity index (χ4v) is 5.08. The lowest BCUT2D eigenvalue weighted by Gasteiger charge is -2.41. The summed E-state index contributed by atoms with van der Waals surface area (Å²) in [4.78, 5) is 12.0. The van der Waals surface area contributed by atoms with Gasteiger partial charge in [-0.1, -0.05) is 6.92 Å². The molecule has 164 valence electrons. The van der Waals surface area contributed by atoms with Gasteiger partial charge in [0.2, 0.25) is 0 Å².